The minimum atomic E-state index is 0.0821. The highest BCUT2D eigenvalue weighted by Gasteiger charge is 2.12. The first-order chi connectivity index (χ1) is 7.66. The van der Waals surface area contributed by atoms with Crippen LogP contribution in [0.4, 0.5) is 5.82 Å². The fourth-order valence-corrected chi connectivity index (χ4v) is 2.06. The van der Waals surface area contributed by atoms with E-state index in [0.29, 0.717) is 0 Å². The standard InChI is InChI=1S/C12H13BrN2O/c1-8-3-5-14-11(7-8)15-9(2)12-10(13)4-6-16-12/h3-7,9H,1-2H3,(H,14,15). The number of nitrogens with zero attached hydrogens (tertiary/aromatic N) is 1. The van der Waals surface area contributed by atoms with E-state index in [4.69, 9.17) is 4.42 Å². The van der Waals surface area contributed by atoms with E-state index in [1.807, 2.05) is 32.0 Å². The molecule has 84 valence electrons. The molecule has 0 aliphatic carbocycles. The highest BCUT2D eigenvalue weighted by atomic mass is 79.9. The molecule has 0 aliphatic heterocycles. The Kier molecular flexibility index (Phi) is 3.29. The summed E-state index contributed by atoms with van der Waals surface area (Å²) in [6.07, 6.45) is 3.46. The quantitative estimate of drug-likeness (QED) is 0.926. The van der Waals surface area contributed by atoms with Crippen molar-refractivity contribution in [1.82, 2.24) is 4.98 Å². The molecule has 16 heavy (non-hydrogen) atoms. The minimum Gasteiger partial charge on any atom is -0.466 e. The Hall–Kier alpha value is -1.29. The van der Waals surface area contributed by atoms with E-state index >= 15 is 0 Å². The van der Waals surface area contributed by atoms with Crippen LogP contribution in [0.15, 0.2) is 39.5 Å². The molecule has 2 rings (SSSR count). The summed E-state index contributed by atoms with van der Waals surface area (Å²) in [4.78, 5) is 4.25. The third-order valence-corrected chi connectivity index (χ3v) is 2.97. The lowest BCUT2D eigenvalue weighted by Crippen LogP contribution is -2.07. The number of aryl methyl sites for hydroxylation is 1. The monoisotopic (exact) mass is 280 g/mol. The Morgan fingerprint density at radius 1 is 1.44 bits per heavy atom. The maximum absolute atomic E-state index is 5.39. The molecular formula is C12H13BrN2O. The third-order valence-electron chi connectivity index (χ3n) is 2.32. The van der Waals surface area contributed by atoms with E-state index < -0.39 is 0 Å². The van der Waals surface area contributed by atoms with Crippen molar-refractivity contribution in [2.45, 2.75) is 19.9 Å². The fraction of sp³-hybridized carbons (Fsp3) is 0.250. The number of hydrogen-bond donors (Lipinski definition) is 1. The number of rotatable bonds is 3. The molecule has 0 bridgehead atoms. The molecular weight excluding hydrogens is 268 g/mol. The van der Waals surface area contributed by atoms with Gasteiger partial charge in [0.15, 0.2) is 0 Å². The van der Waals surface area contributed by atoms with Crippen molar-refractivity contribution in [1.29, 1.82) is 0 Å². The Labute approximate surface area is 103 Å². The van der Waals surface area contributed by atoms with Crippen molar-refractivity contribution in [3.63, 3.8) is 0 Å². The number of nitrogens with one attached hydrogen (secondary N) is 1. The summed E-state index contributed by atoms with van der Waals surface area (Å²) >= 11 is 3.44. The zero-order valence-corrected chi connectivity index (χ0v) is 10.8. The van der Waals surface area contributed by atoms with Crippen molar-refractivity contribution in [2.24, 2.45) is 0 Å². The van der Waals surface area contributed by atoms with Crippen LogP contribution in [-0.2, 0) is 0 Å². The molecule has 0 aliphatic rings. The van der Waals surface area contributed by atoms with Gasteiger partial charge in [-0.1, -0.05) is 0 Å². The third kappa shape index (κ3) is 2.44. The Bertz CT molecular complexity index is 481. The molecule has 0 spiro atoms. The number of hydrogen-bond acceptors (Lipinski definition) is 3. The van der Waals surface area contributed by atoms with Gasteiger partial charge in [-0.3, -0.25) is 0 Å². The van der Waals surface area contributed by atoms with Crippen LogP contribution in [0.25, 0.3) is 0 Å². The zero-order chi connectivity index (χ0) is 11.5. The SMILES string of the molecule is Cc1ccnc(NC(C)c2occc2Br)c1. The minimum absolute atomic E-state index is 0.0821. The maximum atomic E-state index is 5.39. The topological polar surface area (TPSA) is 38.1 Å². The average Bonchev–Trinajstić information content (AvgIpc) is 2.64. The van der Waals surface area contributed by atoms with Crippen LogP contribution in [0.2, 0.25) is 0 Å². The highest BCUT2D eigenvalue weighted by Crippen LogP contribution is 2.26. The lowest BCUT2D eigenvalue weighted by molar-refractivity contribution is 0.488. The van der Waals surface area contributed by atoms with Crippen molar-refractivity contribution in [2.75, 3.05) is 5.32 Å². The first-order valence-electron chi connectivity index (χ1n) is 5.09. The fourth-order valence-electron chi connectivity index (χ4n) is 1.52. The van der Waals surface area contributed by atoms with Gasteiger partial charge in [0.05, 0.1) is 16.8 Å². The smallest absolute Gasteiger partial charge is 0.139 e. The summed E-state index contributed by atoms with van der Waals surface area (Å²) < 4.78 is 6.36. The lowest BCUT2D eigenvalue weighted by Gasteiger charge is -2.12. The first kappa shape index (κ1) is 11.2. The lowest BCUT2D eigenvalue weighted by atomic mass is 10.2. The highest BCUT2D eigenvalue weighted by molar-refractivity contribution is 9.10. The van der Waals surface area contributed by atoms with Crippen molar-refractivity contribution in [3.05, 3.63) is 46.5 Å². The van der Waals surface area contributed by atoms with E-state index in [0.717, 1.165) is 16.1 Å². The average molecular weight is 281 g/mol. The largest absolute Gasteiger partial charge is 0.466 e. The first-order valence-corrected chi connectivity index (χ1v) is 5.88. The second kappa shape index (κ2) is 4.70. The molecule has 4 heteroatoms. The molecule has 0 amide bonds. The van der Waals surface area contributed by atoms with E-state index in [9.17, 15) is 0 Å². The maximum Gasteiger partial charge on any atom is 0.139 e. The molecule has 1 unspecified atom stereocenters. The zero-order valence-electron chi connectivity index (χ0n) is 9.20. The number of furan rings is 1. The van der Waals surface area contributed by atoms with Crippen molar-refractivity contribution in [3.8, 4) is 0 Å². The van der Waals surface area contributed by atoms with Gasteiger partial charge < -0.3 is 9.73 Å². The molecule has 1 atom stereocenters. The summed E-state index contributed by atoms with van der Waals surface area (Å²) in [6, 6.07) is 5.95. The molecule has 2 aromatic heterocycles. The van der Waals surface area contributed by atoms with Gasteiger partial charge in [-0.05, 0) is 53.5 Å². The predicted molar refractivity (Wildman–Crippen MR) is 67.4 cm³/mol. The Morgan fingerprint density at radius 2 is 2.25 bits per heavy atom. The Morgan fingerprint density at radius 3 is 2.88 bits per heavy atom. The van der Waals surface area contributed by atoms with Crippen LogP contribution in [0.1, 0.15) is 24.3 Å². The van der Waals surface area contributed by atoms with Gasteiger partial charge in [-0.15, -0.1) is 0 Å². The number of anilines is 1. The van der Waals surface area contributed by atoms with Gasteiger partial charge in [0.1, 0.15) is 11.6 Å². The van der Waals surface area contributed by atoms with E-state index in [-0.39, 0.29) is 6.04 Å². The summed E-state index contributed by atoms with van der Waals surface area (Å²) in [7, 11) is 0. The van der Waals surface area contributed by atoms with Crippen LogP contribution in [-0.4, -0.2) is 4.98 Å². The van der Waals surface area contributed by atoms with Gasteiger partial charge in [0.25, 0.3) is 0 Å². The van der Waals surface area contributed by atoms with Crippen LogP contribution in [0.5, 0.6) is 0 Å². The summed E-state index contributed by atoms with van der Waals surface area (Å²) in [5.74, 6) is 1.74. The van der Waals surface area contributed by atoms with Crippen molar-refractivity contribution >= 4 is 21.7 Å². The van der Waals surface area contributed by atoms with Crippen molar-refractivity contribution < 1.29 is 4.42 Å². The second-order valence-electron chi connectivity index (χ2n) is 3.72. The molecule has 0 fully saturated rings. The van der Waals surface area contributed by atoms with Crippen LogP contribution in [0, 0.1) is 6.92 Å². The van der Waals surface area contributed by atoms with Crippen LogP contribution in [0.3, 0.4) is 0 Å². The number of aromatic nitrogens is 1. The normalized spacial score (nSPS) is 12.4. The summed E-state index contributed by atoms with van der Waals surface area (Å²) in [5, 5.41) is 3.29. The van der Waals surface area contributed by atoms with Gasteiger partial charge in [0, 0.05) is 6.20 Å². The van der Waals surface area contributed by atoms with E-state index in [2.05, 4.69) is 26.2 Å². The molecule has 2 aromatic rings. The molecule has 2 heterocycles. The predicted octanol–water partition coefficient (Wildman–Crippen LogP) is 3.92. The van der Waals surface area contributed by atoms with Gasteiger partial charge in [0.2, 0.25) is 0 Å². The molecule has 1 N–H and O–H groups in total. The van der Waals surface area contributed by atoms with E-state index in [1.165, 1.54) is 5.56 Å². The summed E-state index contributed by atoms with van der Waals surface area (Å²) in [5.41, 5.74) is 1.18. The number of halogens is 1. The second-order valence-corrected chi connectivity index (χ2v) is 4.57. The van der Waals surface area contributed by atoms with Crippen LogP contribution < -0.4 is 5.32 Å². The van der Waals surface area contributed by atoms with Gasteiger partial charge in [-0.25, -0.2) is 4.98 Å². The Balaban J connectivity index is 2.14. The van der Waals surface area contributed by atoms with Gasteiger partial charge >= 0.3 is 0 Å². The molecule has 3 nitrogen and oxygen atoms in total. The van der Waals surface area contributed by atoms with Crippen LogP contribution >= 0.6 is 15.9 Å². The summed E-state index contributed by atoms with van der Waals surface area (Å²) in [6.45, 7) is 4.08. The molecule has 0 saturated heterocycles. The van der Waals surface area contributed by atoms with Gasteiger partial charge in [-0.2, -0.15) is 0 Å². The number of pyridine rings is 1. The molecule has 0 saturated carbocycles. The molecule has 0 aromatic carbocycles. The molecule has 0 radical (unpaired) electrons. The van der Waals surface area contributed by atoms with E-state index in [1.54, 1.807) is 12.5 Å².